The van der Waals surface area contributed by atoms with Crippen LogP contribution in [0.2, 0.25) is 0 Å². The second-order valence-electron chi connectivity index (χ2n) is 8.64. The summed E-state index contributed by atoms with van der Waals surface area (Å²) in [5.74, 6) is -0.863. The lowest BCUT2D eigenvalue weighted by atomic mass is 10.0. The van der Waals surface area contributed by atoms with Gasteiger partial charge in [-0.15, -0.1) is 0 Å². The summed E-state index contributed by atoms with van der Waals surface area (Å²) in [5, 5.41) is 2.94. The third kappa shape index (κ3) is 7.01. The Hall–Kier alpha value is -3.47. The minimum atomic E-state index is -0.771. The zero-order valence-corrected chi connectivity index (χ0v) is 19.4. The predicted molar refractivity (Wildman–Crippen MR) is 129 cm³/mol. The number of aryl methyl sites for hydroxylation is 1. The first kappa shape index (κ1) is 24.2. The normalized spacial score (nSPS) is 11.8. The minimum Gasteiger partial charge on any atom is -0.352 e. The van der Waals surface area contributed by atoms with Crippen molar-refractivity contribution in [3.63, 3.8) is 0 Å². The molecule has 3 aromatic carbocycles. The van der Waals surface area contributed by atoms with Crippen molar-refractivity contribution >= 4 is 11.8 Å². The summed E-state index contributed by atoms with van der Waals surface area (Å²) in [5.41, 5.74) is 3.27. The van der Waals surface area contributed by atoms with Crippen molar-refractivity contribution in [2.75, 3.05) is 0 Å². The van der Waals surface area contributed by atoms with E-state index in [1.165, 1.54) is 11.0 Å². The molecule has 0 saturated heterocycles. The van der Waals surface area contributed by atoms with Crippen LogP contribution in [0.3, 0.4) is 0 Å². The van der Waals surface area contributed by atoms with Gasteiger partial charge in [-0.1, -0.05) is 78.4 Å². The lowest BCUT2D eigenvalue weighted by Gasteiger charge is -2.32. The summed E-state index contributed by atoms with van der Waals surface area (Å²) in [6.07, 6.45) is 0.475. The average molecular weight is 447 g/mol. The molecule has 4 nitrogen and oxygen atoms in total. The number of nitrogens with zero attached hydrogens (tertiary/aromatic N) is 1. The van der Waals surface area contributed by atoms with Gasteiger partial charge in [0.15, 0.2) is 0 Å². The molecule has 2 amide bonds. The molecule has 3 aromatic rings. The van der Waals surface area contributed by atoms with Crippen LogP contribution in [0.5, 0.6) is 0 Å². The summed E-state index contributed by atoms with van der Waals surface area (Å²) in [4.78, 5) is 28.4. The molecule has 5 heteroatoms. The van der Waals surface area contributed by atoms with E-state index in [2.05, 4.69) is 5.32 Å². The van der Waals surface area contributed by atoms with Crippen molar-refractivity contribution in [2.24, 2.45) is 0 Å². The van der Waals surface area contributed by atoms with Gasteiger partial charge in [-0.05, 0) is 38.0 Å². The van der Waals surface area contributed by atoms with Gasteiger partial charge in [0.1, 0.15) is 11.9 Å². The van der Waals surface area contributed by atoms with Crippen molar-refractivity contribution in [3.05, 3.63) is 107 Å². The van der Waals surface area contributed by atoms with Gasteiger partial charge in [0.25, 0.3) is 0 Å². The summed E-state index contributed by atoms with van der Waals surface area (Å²) in [6.45, 7) is 5.77. The number of amides is 2. The average Bonchev–Trinajstić information content (AvgIpc) is 2.79. The van der Waals surface area contributed by atoms with E-state index < -0.39 is 11.9 Å². The maximum absolute atomic E-state index is 14.5. The molecule has 0 fully saturated rings. The van der Waals surface area contributed by atoms with E-state index in [1.807, 2.05) is 75.4 Å². The fourth-order valence-electron chi connectivity index (χ4n) is 3.73. The van der Waals surface area contributed by atoms with Crippen LogP contribution in [0.25, 0.3) is 0 Å². The van der Waals surface area contributed by atoms with E-state index in [-0.39, 0.29) is 30.8 Å². The smallest absolute Gasteiger partial charge is 0.243 e. The molecule has 0 aromatic heterocycles. The lowest BCUT2D eigenvalue weighted by molar-refractivity contribution is -0.141. The molecular formula is C28H31FN2O2. The summed E-state index contributed by atoms with van der Waals surface area (Å²) in [6, 6.07) is 22.8. The number of hydrogen-bond donors (Lipinski definition) is 1. The SMILES string of the molecule is Cc1ccc(CC(=O)N(Cc2ccccc2F)[C@@H](Cc2ccccc2)C(=O)NC(C)C)cc1. The van der Waals surface area contributed by atoms with E-state index in [4.69, 9.17) is 0 Å². The van der Waals surface area contributed by atoms with Gasteiger partial charge in [-0.25, -0.2) is 4.39 Å². The van der Waals surface area contributed by atoms with Gasteiger partial charge < -0.3 is 10.2 Å². The molecule has 0 unspecified atom stereocenters. The molecule has 33 heavy (non-hydrogen) atoms. The Bertz CT molecular complexity index is 1060. The number of rotatable bonds is 9. The molecule has 0 heterocycles. The highest BCUT2D eigenvalue weighted by Gasteiger charge is 2.31. The highest BCUT2D eigenvalue weighted by molar-refractivity contribution is 5.89. The monoisotopic (exact) mass is 446 g/mol. The van der Waals surface area contributed by atoms with Crippen LogP contribution in [-0.2, 0) is 29.0 Å². The lowest BCUT2D eigenvalue weighted by Crippen LogP contribution is -2.52. The Morgan fingerprint density at radius 1 is 0.879 bits per heavy atom. The van der Waals surface area contributed by atoms with E-state index >= 15 is 0 Å². The number of carbonyl (C=O) groups excluding carboxylic acids is 2. The van der Waals surface area contributed by atoms with Gasteiger partial charge in [0, 0.05) is 24.6 Å². The third-order valence-electron chi connectivity index (χ3n) is 5.48. The van der Waals surface area contributed by atoms with Crippen molar-refractivity contribution in [1.29, 1.82) is 0 Å². The molecule has 1 atom stereocenters. The molecule has 0 aliphatic rings. The van der Waals surface area contributed by atoms with Crippen molar-refractivity contribution < 1.29 is 14.0 Å². The van der Waals surface area contributed by atoms with E-state index in [1.54, 1.807) is 18.2 Å². The van der Waals surface area contributed by atoms with Crippen molar-refractivity contribution in [2.45, 2.75) is 52.2 Å². The van der Waals surface area contributed by atoms with Crippen LogP contribution in [0.4, 0.5) is 4.39 Å². The van der Waals surface area contributed by atoms with Crippen molar-refractivity contribution in [1.82, 2.24) is 10.2 Å². The van der Waals surface area contributed by atoms with Gasteiger partial charge in [0.05, 0.1) is 6.42 Å². The Balaban J connectivity index is 1.97. The maximum atomic E-state index is 14.5. The molecule has 0 spiro atoms. The van der Waals surface area contributed by atoms with Crippen LogP contribution in [0.1, 0.15) is 36.1 Å². The topological polar surface area (TPSA) is 49.4 Å². The number of nitrogens with one attached hydrogen (secondary N) is 1. The summed E-state index contributed by atoms with van der Waals surface area (Å²) < 4.78 is 14.5. The fraction of sp³-hybridized carbons (Fsp3) is 0.286. The maximum Gasteiger partial charge on any atom is 0.243 e. The zero-order valence-electron chi connectivity index (χ0n) is 19.4. The van der Waals surface area contributed by atoms with Gasteiger partial charge >= 0.3 is 0 Å². The molecule has 172 valence electrons. The first-order valence-electron chi connectivity index (χ1n) is 11.3. The number of hydrogen-bond acceptors (Lipinski definition) is 2. The van der Waals surface area contributed by atoms with Crippen LogP contribution in [0, 0.1) is 12.7 Å². The Morgan fingerprint density at radius 3 is 2.15 bits per heavy atom. The molecule has 0 bridgehead atoms. The quantitative estimate of drug-likeness (QED) is 0.511. The summed E-state index contributed by atoms with van der Waals surface area (Å²) >= 11 is 0. The van der Waals surface area contributed by atoms with E-state index in [0.29, 0.717) is 12.0 Å². The number of halogens is 1. The van der Waals surface area contributed by atoms with Crippen LogP contribution >= 0.6 is 0 Å². The van der Waals surface area contributed by atoms with Gasteiger partial charge in [-0.2, -0.15) is 0 Å². The molecule has 0 saturated carbocycles. The fourth-order valence-corrected chi connectivity index (χ4v) is 3.73. The molecular weight excluding hydrogens is 415 g/mol. The molecule has 3 rings (SSSR count). The molecule has 0 radical (unpaired) electrons. The number of benzene rings is 3. The molecule has 1 N–H and O–H groups in total. The molecule has 0 aliphatic heterocycles. The highest BCUT2D eigenvalue weighted by atomic mass is 19.1. The highest BCUT2D eigenvalue weighted by Crippen LogP contribution is 2.18. The number of carbonyl (C=O) groups is 2. The second kappa shape index (κ2) is 11.4. The van der Waals surface area contributed by atoms with Crippen molar-refractivity contribution in [3.8, 4) is 0 Å². The van der Waals surface area contributed by atoms with Crippen LogP contribution in [0.15, 0.2) is 78.9 Å². The first-order valence-corrected chi connectivity index (χ1v) is 11.3. The first-order chi connectivity index (χ1) is 15.8. The van der Waals surface area contributed by atoms with Gasteiger partial charge in [0.2, 0.25) is 11.8 Å². The summed E-state index contributed by atoms with van der Waals surface area (Å²) in [7, 11) is 0. The third-order valence-corrected chi connectivity index (χ3v) is 5.48. The Kier molecular flexibility index (Phi) is 8.36. The second-order valence-corrected chi connectivity index (χ2v) is 8.64. The zero-order chi connectivity index (χ0) is 23.8. The van der Waals surface area contributed by atoms with Crippen LogP contribution in [-0.4, -0.2) is 28.8 Å². The largest absolute Gasteiger partial charge is 0.352 e. The minimum absolute atomic E-state index is 0.0143. The van der Waals surface area contributed by atoms with E-state index in [0.717, 1.165) is 16.7 Å². The van der Waals surface area contributed by atoms with E-state index in [9.17, 15) is 14.0 Å². The predicted octanol–water partition coefficient (Wildman–Crippen LogP) is 4.84. The Labute approximate surface area is 195 Å². The molecule has 0 aliphatic carbocycles. The van der Waals surface area contributed by atoms with Crippen LogP contribution < -0.4 is 5.32 Å². The van der Waals surface area contributed by atoms with Gasteiger partial charge in [-0.3, -0.25) is 9.59 Å². The Morgan fingerprint density at radius 2 is 1.52 bits per heavy atom. The standard InChI is InChI=1S/C28H31FN2O2/c1-20(2)30-28(33)26(17-22-9-5-4-6-10-22)31(19-24-11-7-8-12-25(24)29)27(32)18-23-15-13-21(3)14-16-23/h4-16,20,26H,17-19H2,1-3H3,(H,30,33)/t26-/m0/s1.